The van der Waals surface area contributed by atoms with Crippen molar-refractivity contribution < 1.29 is 8.42 Å². The topological polar surface area (TPSA) is 88.6 Å². The summed E-state index contributed by atoms with van der Waals surface area (Å²) >= 11 is 4.75. The van der Waals surface area contributed by atoms with Crippen LogP contribution in [-0.2, 0) is 15.6 Å². The number of sulfone groups is 1. The molecule has 0 aliphatic heterocycles. The Labute approximate surface area is 162 Å². The molecule has 0 atom stereocenters. The quantitative estimate of drug-likeness (QED) is 0.506. The third-order valence-corrected chi connectivity index (χ3v) is 8.18. The lowest BCUT2D eigenvalue weighted by molar-refractivity contribution is 0.597. The molecule has 26 heavy (non-hydrogen) atoms. The molecule has 0 bridgehead atoms. The minimum Gasteiger partial charge on any atom is -0.223 e. The molecule has 0 amide bonds. The summed E-state index contributed by atoms with van der Waals surface area (Å²) in [6.45, 7) is 1.86. The highest BCUT2D eigenvalue weighted by Gasteiger charge is 2.22. The van der Waals surface area contributed by atoms with Gasteiger partial charge in [0, 0.05) is 14.7 Å². The van der Waals surface area contributed by atoms with Crippen molar-refractivity contribution in [2.45, 2.75) is 16.9 Å². The van der Waals surface area contributed by atoms with E-state index in [9.17, 15) is 8.42 Å². The number of hydrogen-bond acceptors (Lipinski definition) is 6. The zero-order chi connectivity index (χ0) is 18.3. The summed E-state index contributed by atoms with van der Waals surface area (Å²) in [6.07, 6.45) is 0. The molecule has 0 saturated carbocycles. The summed E-state index contributed by atoms with van der Waals surface area (Å²) in [5.74, 6) is 0.361. The second-order valence-corrected chi connectivity index (χ2v) is 10.0. The van der Waals surface area contributed by atoms with E-state index in [1.165, 1.54) is 11.3 Å². The predicted octanol–water partition coefficient (Wildman–Crippen LogP) is 4.13. The van der Waals surface area contributed by atoms with Crippen molar-refractivity contribution in [2.24, 2.45) is 0 Å². The SMILES string of the molecule is Cc1c(S(=O)(=O)Cc2cccc(-c3nn[nH]n3)c2)sc2ccc(Br)cc12. The standard InChI is InChI=1S/C17H13BrN4O2S2/c1-10-14-8-13(18)5-6-15(14)25-17(10)26(23,24)9-11-3-2-4-12(7-11)16-19-21-22-20-16/h2-8H,9H2,1H3,(H,19,20,21,22). The number of aromatic amines is 1. The second kappa shape index (κ2) is 6.57. The first kappa shape index (κ1) is 17.3. The molecule has 4 aromatic rings. The first-order valence-corrected chi connectivity index (χ1v) is 10.9. The summed E-state index contributed by atoms with van der Waals surface area (Å²) in [5, 5.41) is 14.8. The zero-order valence-corrected chi connectivity index (χ0v) is 16.8. The van der Waals surface area contributed by atoms with Crippen LogP contribution in [0.15, 0.2) is 51.1 Å². The fourth-order valence-corrected chi connectivity index (χ4v) is 6.40. The van der Waals surface area contributed by atoms with Gasteiger partial charge in [-0.1, -0.05) is 34.1 Å². The molecule has 0 unspecified atom stereocenters. The average molecular weight is 449 g/mol. The van der Waals surface area contributed by atoms with Gasteiger partial charge in [-0.05, 0) is 52.9 Å². The van der Waals surface area contributed by atoms with Crippen LogP contribution in [0.25, 0.3) is 21.5 Å². The number of nitrogens with one attached hydrogen (secondary N) is 1. The molecule has 0 spiro atoms. The molecule has 1 N–H and O–H groups in total. The van der Waals surface area contributed by atoms with Crippen molar-refractivity contribution in [1.29, 1.82) is 0 Å². The first-order valence-electron chi connectivity index (χ1n) is 7.68. The van der Waals surface area contributed by atoms with Gasteiger partial charge in [0.15, 0.2) is 9.84 Å². The molecule has 2 heterocycles. The summed E-state index contributed by atoms with van der Waals surface area (Å²) in [5.41, 5.74) is 2.20. The van der Waals surface area contributed by atoms with Gasteiger partial charge in [0.1, 0.15) is 4.21 Å². The maximum Gasteiger partial charge on any atom is 0.204 e. The van der Waals surface area contributed by atoms with Crippen LogP contribution >= 0.6 is 27.3 Å². The Morgan fingerprint density at radius 3 is 2.81 bits per heavy atom. The Kier molecular flexibility index (Phi) is 4.37. The molecular weight excluding hydrogens is 436 g/mol. The van der Waals surface area contributed by atoms with Crippen LogP contribution in [0, 0.1) is 6.92 Å². The summed E-state index contributed by atoms with van der Waals surface area (Å²) in [4.78, 5) is 0. The van der Waals surface area contributed by atoms with Gasteiger partial charge < -0.3 is 0 Å². The first-order chi connectivity index (χ1) is 12.4. The molecule has 2 aromatic carbocycles. The van der Waals surface area contributed by atoms with Gasteiger partial charge in [-0.25, -0.2) is 8.42 Å². The number of tetrazole rings is 1. The monoisotopic (exact) mass is 448 g/mol. The highest BCUT2D eigenvalue weighted by Crippen LogP contribution is 2.37. The van der Waals surface area contributed by atoms with E-state index in [-0.39, 0.29) is 5.75 Å². The number of nitrogens with zero attached hydrogens (tertiary/aromatic N) is 3. The lowest BCUT2D eigenvalue weighted by Gasteiger charge is -2.05. The molecule has 6 nitrogen and oxygen atoms in total. The van der Waals surface area contributed by atoms with Crippen LogP contribution in [0.4, 0.5) is 0 Å². The van der Waals surface area contributed by atoms with E-state index in [1.54, 1.807) is 18.2 Å². The van der Waals surface area contributed by atoms with Gasteiger partial charge in [-0.15, -0.1) is 21.5 Å². The number of H-pyrrole nitrogens is 1. The summed E-state index contributed by atoms with van der Waals surface area (Å²) in [6, 6.07) is 13.0. The summed E-state index contributed by atoms with van der Waals surface area (Å²) in [7, 11) is -3.47. The van der Waals surface area contributed by atoms with Crippen molar-refractivity contribution in [2.75, 3.05) is 0 Å². The van der Waals surface area contributed by atoms with E-state index in [2.05, 4.69) is 36.6 Å². The molecular formula is C17H13BrN4O2S2. The van der Waals surface area contributed by atoms with Gasteiger partial charge in [0.25, 0.3) is 0 Å². The van der Waals surface area contributed by atoms with Crippen molar-refractivity contribution in [3.63, 3.8) is 0 Å². The van der Waals surface area contributed by atoms with Crippen LogP contribution in [0.1, 0.15) is 11.1 Å². The van der Waals surface area contributed by atoms with Gasteiger partial charge in [0.2, 0.25) is 5.82 Å². The Hall–Kier alpha value is -2.10. The number of hydrogen-bond donors (Lipinski definition) is 1. The van der Waals surface area contributed by atoms with E-state index in [0.29, 0.717) is 15.6 Å². The number of halogens is 1. The molecule has 4 rings (SSSR count). The number of fused-ring (bicyclic) bond motifs is 1. The predicted molar refractivity (Wildman–Crippen MR) is 105 cm³/mol. The fourth-order valence-electron chi connectivity index (χ4n) is 2.84. The Morgan fingerprint density at radius 2 is 2.04 bits per heavy atom. The number of thiophene rings is 1. The minimum absolute atomic E-state index is 0.0759. The lowest BCUT2D eigenvalue weighted by atomic mass is 10.1. The van der Waals surface area contributed by atoms with Gasteiger partial charge in [-0.2, -0.15) is 5.21 Å². The van der Waals surface area contributed by atoms with E-state index in [0.717, 1.165) is 25.7 Å². The zero-order valence-electron chi connectivity index (χ0n) is 13.6. The number of rotatable bonds is 4. The molecule has 2 aromatic heterocycles. The molecule has 0 aliphatic rings. The molecule has 132 valence electrons. The third-order valence-electron chi connectivity index (χ3n) is 4.02. The Bertz CT molecular complexity index is 1200. The number of aryl methyl sites for hydroxylation is 1. The van der Waals surface area contributed by atoms with E-state index < -0.39 is 9.84 Å². The molecule has 9 heteroatoms. The Balaban J connectivity index is 1.72. The van der Waals surface area contributed by atoms with Crippen molar-refractivity contribution in [3.05, 3.63) is 58.1 Å². The van der Waals surface area contributed by atoms with Crippen molar-refractivity contribution >= 4 is 47.2 Å². The highest BCUT2D eigenvalue weighted by atomic mass is 79.9. The molecule has 0 saturated heterocycles. The van der Waals surface area contributed by atoms with Gasteiger partial charge >= 0.3 is 0 Å². The van der Waals surface area contributed by atoms with E-state index in [1.807, 2.05) is 31.2 Å². The van der Waals surface area contributed by atoms with E-state index in [4.69, 9.17) is 0 Å². The van der Waals surface area contributed by atoms with Crippen LogP contribution < -0.4 is 0 Å². The van der Waals surface area contributed by atoms with Gasteiger partial charge in [-0.3, -0.25) is 0 Å². The van der Waals surface area contributed by atoms with Crippen LogP contribution in [0.3, 0.4) is 0 Å². The lowest BCUT2D eigenvalue weighted by Crippen LogP contribution is -2.04. The van der Waals surface area contributed by atoms with Crippen molar-refractivity contribution in [1.82, 2.24) is 20.6 Å². The molecule has 0 aliphatic carbocycles. The van der Waals surface area contributed by atoms with E-state index >= 15 is 0 Å². The summed E-state index contributed by atoms with van der Waals surface area (Å²) < 4.78 is 28.4. The van der Waals surface area contributed by atoms with Crippen LogP contribution in [0.5, 0.6) is 0 Å². The van der Waals surface area contributed by atoms with Crippen LogP contribution in [0.2, 0.25) is 0 Å². The second-order valence-electron chi connectivity index (χ2n) is 5.85. The molecule has 0 fully saturated rings. The maximum atomic E-state index is 13.0. The average Bonchev–Trinajstić information content (AvgIpc) is 3.24. The smallest absolute Gasteiger partial charge is 0.204 e. The largest absolute Gasteiger partial charge is 0.223 e. The number of benzene rings is 2. The fraction of sp³-hybridized carbons (Fsp3) is 0.118. The minimum atomic E-state index is -3.47. The molecule has 0 radical (unpaired) electrons. The Morgan fingerprint density at radius 1 is 1.19 bits per heavy atom. The normalized spacial score (nSPS) is 11.9. The third kappa shape index (κ3) is 3.17. The number of aromatic nitrogens is 4. The van der Waals surface area contributed by atoms with Gasteiger partial charge in [0.05, 0.1) is 5.75 Å². The van der Waals surface area contributed by atoms with Crippen LogP contribution in [-0.4, -0.2) is 29.0 Å². The van der Waals surface area contributed by atoms with Crippen molar-refractivity contribution in [3.8, 4) is 11.4 Å². The maximum absolute atomic E-state index is 13.0. The highest BCUT2D eigenvalue weighted by molar-refractivity contribution is 9.10.